The predicted molar refractivity (Wildman–Crippen MR) is 118 cm³/mol. The van der Waals surface area contributed by atoms with E-state index in [9.17, 15) is 14.7 Å². The first-order valence-corrected chi connectivity index (χ1v) is 9.84. The summed E-state index contributed by atoms with van der Waals surface area (Å²) in [7, 11) is 0. The second-order valence-electron chi connectivity index (χ2n) is 8.01. The van der Waals surface area contributed by atoms with Crippen molar-refractivity contribution in [3.8, 4) is 11.5 Å². The van der Waals surface area contributed by atoms with E-state index in [2.05, 4.69) is 5.32 Å². The molecule has 160 valence electrons. The number of hydrogen-bond donors (Lipinski definition) is 3. The third kappa shape index (κ3) is 6.65. The van der Waals surface area contributed by atoms with Crippen molar-refractivity contribution in [3.63, 3.8) is 0 Å². The van der Waals surface area contributed by atoms with Crippen LogP contribution in [0, 0.1) is 19.3 Å². The number of benzene rings is 2. The fraction of sp³-hybridized carbons (Fsp3) is 0.333. The van der Waals surface area contributed by atoms with Gasteiger partial charge in [0, 0.05) is 11.5 Å². The molecule has 0 saturated carbocycles. The van der Waals surface area contributed by atoms with E-state index < -0.39 is 11.4 Å². The molecule has 0 fully saturated rings. The van der Waals surface area contributed by atoms with Crippen LogP contribution in [-0.4, -0.2) is 28.7 Å². The summed E-state index contributed by atoms with van der Waals surface area (Å²) < 4.78 is 5.86. The number of anilines is 1. The van der Waals surface area contributed by atoms with Gasteiger partial charge in [-0.1, -0.05) is 32.0 Å². The van der Waals surface area contributed by atoms with Gasteiger partial charge in [0.15, 0.2) is 0 Å². The van der Waals surface area contributed by atoms with Gasteiger partial charge in [-0.2, -0.15) is 0 Å². The molecule has 0 radical (unpaired) electrons. The lowest BCUT2D eigenvalue weighted by molar-refractivity contribution is -0.131. The van der Waals surface area contributed by atoms with Crippen LogP contribution in [0.2, 0.25) is 0 Å². The molecule has 6 heteroatoms. The molecule has 0 aliphatic rings. The van der Waals surface area contributed by atoms with Crippen molar-refractivity contribution in [2.75, 3.05) is 11.9 Å². The number of carboxylic acid groups (broad SMARTS) is 1. The zero-order chi connectivity index (χ0) is 22.3. The van der Waals surface area contributed by atoms with E-state index >= 15 is 0 Å². The highest BCUT2D eigenvalue weighted by molar-refractivity contribution is 5.96. The van der Waals surface area contributed by atoms with Crippen molar-refractivity contribution in [2.45, 2.75) is 40.5 Å². The molecule has 2 rings (SSSR count). The third-order valence-electron chi connectivity index (χ3n) is 4.85. The maximum absolute atomic E-state index is 12.7. The lowest BCUT2D eigenvalue weighted by atomic mass is 9.86. The SMILES string of the molecule is Cc1ccc(C)c(OCCCC(C)(C)C(=O)Nc2ccc(/C=C/C(=O)O)cc2O)c1. The first kappa shape index (κ1) is 23.0. The number of aliphatic carboxylic acids is 1. The van der Waals surface area contributed by atoms with E-state index in [1.165, 1.54) is 12.1 Å². The molecule has 0 aliphatic carbocycles. The summed E-state index contributed by atoms with van der Waals surface area (Å²) in [6, 6.07) is 10.6. The van der Waals surface area contributed by atoms with Crippen LogP contribution in [0.4, 0.5) is 5.69 Å². The Morgan fingerprint density at radius 1 is 1.13 bits per heavy atom. The van der Waals surface area contributed by atoms with Crippen molar-refractivity contribution >= 4 is 23.6 Å². The summed E-state index contributed by atoms with van der Waals surface area (Å²) in [5, 5.41) is 21.6. The molecule has 0 heterocycles. The number of phenols is 1. The Labute approximate surface area is 177 Å². The fourth-order valence-corrected chi connectivity index (χ4v) is 2.89. The molecular formula is C24H29NO5. The van der Waals surface area contributed by atoms with Crippen molar-refractivity contribution in [3.05, 3.63) is 59.2 Å². The molecule has 0 bridgehead atoms. The van der Waals surface area contributed by atoms with Crippen LogP contribution in [0.25, 0.3) is 6.08 Å². The summed E-state index contributed by atoms with van der Waals surface area (Å²) in [6.45, 7) is 8.23. The molecule has 0 atom stereocenters. The van der Waals surface area contributed by atoms with Gasteiger partial charge in [-0.15, -0.1) is 0 Å². The molecule has 0 spiro atoms. The summed E-state index contributed by atoms with van der Waals surface area (Å²) in [6.07, 6.45) is 3.67. The minimum absolute atomic E-state index is 0.120. The highest BCUT2D eigenvalue weighted by Crippen LogP contribution is 2.30. The van der Waals surface area contributed by atoms with Gasteiger partial charge < -0.3 is 20.3 Å². The van der Waals surface area contributed by atoms with Gasteiger partial charge in [0.05, 0.1) is 12.3 Å². The number of carbonyl (C=O) groups excluding carboxylic acids is 1. The van der Waals surface area contributed by atoms with E-state index in [0.29, 0.717) is 25.0 Å². The second-order valence-corrected chi connectivity index (χ2v) is 8.01. The highest BCUT2D eigenvalue weighted by Gasteiger charge is 2.27. The maximum atomic E-state index is 12.7. The van der Waals surface area contributed by atoms with Crippen LogP contribution < -0.4 is 10.1 Å². The van der Waals surface area contributed by atoms with Gasteiger partial charge in [-0.25, -0.2) is 4.79 Å². The molecule has 3 N–H and O–H groups in total. The lowest BCUT2D eigenvalue weighted by Crippen LogP contribution is -2.31. The summed E-state index contributed by atoms with van der Waals surface area (Å²) >= 11 is 0. The molecule has 30 heavy (non-hydrogen) atoms. The number of rotatable bonds is 9. The number of carbonyl (C=O) groups is 2. The molecule has 0 aliphatic heterocycles. The Kier molecular flexibility index (Phi) is 7.64. The van der Waals surface area contributed by atoms with E-state index in [4.69, 9.17) is 9.84 Å². The van der Waals surface area contributed by atoms with Crippen LogP contribution in [0.15, 0.2) is 42.5 Å². The quantitative estimate of drug-likeness (QED) is 0.309. The van der Waals surface area contributed by atoms with Gasteiger partial charge >= 0.3 is 5.97 Å². The number of aromatic hydroxyl groups is 1. The van der Waals surface area contributed by atoms with Crippen LogP contribution >= 0.6 is 0 Å². The Balaban J connectivity index is 1.90. The molecule has 6 nitrogen and oxygen atoms in total. The van der Waals surface area contributed by atoms with Gasteiger partial charge in [-0.05, 0) is 67.7 Å². The predicted octanol–water partition coefficient (Wildman–Crippen LogP) is 4.93. The Hall–Kier alpha value is -3.28. The first-order valence-electron chi connectivity index (χ1n) is 9.84. The molecule has 0 aromatic heterocycles. The monoisotopic (exact) mass is 411 g/mol. The molecule has 2 aromatic carbocycles. The topological polar surface area (TPSA) is 95.9 Å². The van der Waals surface area contributed by atoms with Gasteiger partial charge in [0.1, 0.15) is 11.5 Å². The number of phenolic OH excluding ortho intramolecular Hbond substituents is 1. The zero-order valence-corrected chi connectivity index (χ0v) is 17.9. The van der Waals surface area contributed by atoms with E-state index in [-0.39, 0.29) is 17.3 Å². The maximum Gasteiger partial charge on any atom is 0.328 e. The van der Waals surface area contributed by atoms with E-state index in [0.717, 1.165) is 23.0 Å². The number of nitrogens with one attached hydrogen (secondary N) is 1. The van der Waals surface area contributed by atoms with Crippen molar-refractivity contribution in [1.82, 2.24) is 0 Å². The third-order valence-corrected chi connectivity index (χ3v) is 4.85. The van der Waals surface area contributed by atoms with Crippen LogP contribution in [0.5, 0.6) is 11.5 Å². The fourth-order valence-electron chi connectivity index (χ4n) is 2.89. The zero-order valence-electron chi connectivity index (χ0n) is 17.9. The molecular weight excluding hydrogens is 382 g/mol. The van der Waals surface area contributed by atoms with Crippen molar-refractivity contribution < 1.29 is 24.5 Å². The standard InChI is InChI=1S/C24H29NO5/c1-16-6-7-17(2)21(14-16)30-13-5-12-24(3,4)23(29)25-19-10-8-18(15-20(19)26)9-11-22(27)28/h6-11,14-15,26H,5,12-13H2,1-4H3,(H,25,29)(H,27,28)/b11-9+. The van der Waals surface area contributed by atoms with Crippen molar-refractivity contribution in [1.29, 1.82) is 0 Å². The van der Waals surface area contributed by atoms with Gasteiger partial charge in [0.2, 0.25) is 5.91 Å². The van der Waals surface area contributed by atoms with Gasteiger partial charge in [-0.3, -0.25) is 4.79 Å². The molecule has 2 aromatic rings. The Bertz CT molecular complexity index is 947. The molecule has 0 saturated heterocycles. The number of carboxylic acids is 1. The Morgan fingerprint density at radius 3 is 2.53 bits per heavy atom. The minimum atomic E-state index is -1.07. The number of aryl methyl sites for hydroxylation is 2. The highest BCUT2D eigenvalue weighted by atomic mass is 16.5. The van der Waals surface area contributed by atoms with Crippen LogP contribution in [-0.2, 0) is 9.59 Å². The number of ether oxygens (including phenoxy) is 1. The van der Waals surface area contributed by atoms with E-state index in [1.807, 2.05) is 45.9 Å². The van der Waals surface area contributed by atoms with Gasteiger partial charge in [0.25, 0.3) is 0 Å². The number of amides is 1. The van der Waals surface area contributed by atoms with Crippen LogP contribution in [0.3, 0.4) is 0 Å². The number of hydrogen-bond acceptors (Lipinski definition) is 4. The summed E-state index contributed by atoms with van der Waals surface area (Å²) in [5.41, 5.74) is 2.37. The van der Waals surface area contributed by atoms with Crippen LogP contribution in [0.1, 0.15) is 43.4 Å². The summed E-state index contributed by atoms with van der Waals surface area (Å²) in [4.78, 5) is 23.3. The Morgan fingerprint density at radius 2 is 1.87 bits per heavy atom. The second kappa shape index (κ2) is 9.96. The molecule has 0 unspecified atom stereocenters. The lowest BCUT2D eigenvalue weighted by Gasteiger charge is -2.24. The summed E-state index contributed by atoms with van der Waals surface area (Å²) in [5.74, 6) is -0.544. The average Bonchev–Trinajstić information content (AvgIpc) is 2.67. The minimum Gasteiger partial charge on any atom is -0.506 e. The largest absolute Gasteiger partial charge is 0.506 e. The normalized spacial score (nSPS) is 11.5. The molecule has 1 amide bonds. The average molecular weight is 411 g/mol. The first-order chi connectivity index (χ1) is 14.1. The smallest absolute Gasteiger partial charge is 0.328 e. The van der Waals surface area contributed by atoms with Crippen molar-refractivity contribution in [2.24, 2.45) is 5.41 Å². The van der Waals surface area contributed by atoms with E-state index in [1.54, 1.807) is 12.1 Å².